The van der Waals surface area contributed by atoms with Crippen molar-refractivity contribution in [2.75, 3.05) is 12.4 Å². The minimum Gasteiger partial charge on any atom is -0.507 e. The number of methoxy groups -OCH3 is 1. The van der Waals surface area contributed by atoms with Crippen molar-refractivity contribution < 1.29 is 69.1 Å². The summed E-state index contributed by atoms with van der Waals surface area (Å²) in [6.07, 6.45) is 3.79. The van der Waals surface area contributed by atoms with E-state index in [9.17, 15) is 44.8 Å². The zero-order valence-corrected chi connectivity index (χ0v) is 34.0. The molecule has 20 heteroatoms. The van der Waals surface area contributed by atoms with E-state index in [1.165, 1.54) is 53.0 Å². The van der Waals surface area contributed by atoms with Crippen molar-refractivity contribution in [1.29, 1.82) is 0 Å². The van der Waals surface area contributed by atoms with Gasteiger partial charge in [0.05, 0.1) is 53.0 Å². The molecule has 3 aliphatic rings. The molecule has 0 spiro atoms. The van der Waals surface area contributed by atoms with E-state index in [4.69, 9.17) is 29.9 Å². The van der Waals surface area contributed by atoms with Crippen molar-refractivity contribution in [3.8, 4) is 23.0 Å². The Morgan fingerprint density at radius 2 is 1.68 bits per heavy atom. The Morgan fingerprint density at radius 1 is 1.02 bits per heavy atom. The number of aliphatic hydroxyl groups excluding tert-OH is 2. The second-order valence-electron chi connectivity index (χ2n) is 14.7. The first-order valence-corrected chi connectivity index (χ1v) is 18.4. The minimum atomic E-state index is -2.14. The molecule has 0 aromatic heterocycles. The third kappa shape index (κ3) is 9.24. The molecule has 5 rings (SSSR count). The highest BCUT2D eigenvalue weighted by Gasteiger charge is 2.50. The highest BCUT2D eigenvalue weighted by molar-refractivity contribution is 6.23. The molecule has 9 unspecified atom stereocenters. The van der Waals surface area contributed by atoms with E-state index in [0.717, 1.165) is 12.5 Å². The van der Waals surface area contributed by atoms with E-state index in [1.807, 2.05) is 0 Å². The Hall–Kier alpha value is -6.25. The molecule has 10 N–H and O–H groups in total. The van der Waals surface area contributed by atoms with E-state index in [1.54, 1.807) is 39.2 Å². The van der Waals surface area contributed by atoms with E-state index >= 15 is 0 Å². The number of nitrogens with one attached hydrogen (secondary N) is 2. The topological polar surface area (TPSA) is 304 Å². The number of esters is 1. The largest absolute Gasteiger partial charge is 0.507 e. The van der Waals surface area contributed by atoms with Crippen LogP contribution in [0.15, 0.2) is 46.3 Å². The number of guanidine groups is 1. The van der Waals surface area contributed by atoms with Gasteiger partial charge in [-0.05, 0) is 25.3 Å². The highest BCUT2D eigenvalue weighted by atomic mass is 16.7. The molecule has 320 valence electrons. The number of ether oxygens (including phenoxy) is 4. The molecule has 59 heavy (non-hydrogen) atoms. The van der Waals surface area contributed by atoms with E-state index in [-0.39, 0.29) is 22.4 Å². The van der Waals surface area contributed by atoms with Crippen LogP contribution in [0.4, 0.5) is 5.69 Å². The molecule has 0 saturated heterocycles. The molecule has 0 radical (unpaired) electrons. The number of rotatable bonds is 5. The van der Waals surface area contributed by atoms with Crippen molar-refractivity contribution in [3.05, 3.63) is 57.7 Å². The average Bonchev–Trinajstić information content (AvgIpc) is 3.43. The SMILES string of the molecule is COC1/C=C/OC2(C)Oc3c(C)c(O)c4c(O)c(c(/C=N\N=C(N)N[N+](=O)O)c(O)c4c3C2=O)NC(=O)/C(C)=C/C=C/C(C)C(O)C(C)C(O)C(C)C(OC(C)=O)C1C. The highest BCUT2D eigenvalue weighted by Crippen LogP contribution is 2.55. The summed E-state index contributed by atoms with van der Waals surface area (Å²) >= 11 is 0. The second-order valence-corrected chi connectivity index (χ2v) is 14.7. The number of hydrogen-bond donors (Lipinski definition) is 9. The van der Waals surface area contributed by atoms with Crippen LogP contribution in [-0.4, -0.2) is 103 Å². The fraction of sp³-hybridized carbons (Fsp3) is 0.462. The van der Waals surface area contributed by atoms with Crippen LogP contribution < -0.4 is 21.2 Å². The van der Waals surface area contributed by atoms with Crippen molar-refractivity contribution >= 4 is 46.3 Å². The Balaban J connectivity index is 1.99. The summed E-state index contributed by atoms with van der Waals surface area (Å²) in [7, 11) is 1.39. The molecule has 2 aromatic carbocycles. The maximum atomic E-state index is 14.3. The van der Waals surface area contributed by atoms with E-state index in [2.05, 4.69) is 15.5 Å². The van der Waals surface area contributed by atoms with Gasteiger partial charge in [-0.25, -0.2) is 5.21 Å². The second kappa shape index (κ2) is 18.1. The molecule has 5 bridgehead atoms. The van der Waals surface area contributed by atoms with Gasteiger partial charge in [0, 0.05) is 61.2 Å². The predicted molar refractivity (Wildman–Crippen MR) is 212 cm³/mol. The van der Waals surface area contributed by atoms with Gasteiger partial charge >= 0.3 is 16.8 Å². The predicted octanol–water partition coefficient (Wildman–Crippen LogP) is 3.08. The molecular weight excluding hydrogens is 776 g/mol. The zero-order valence-electron chi connectivity index (χ0n) is 34.0. The number of phenols is 3. The lowest BCUT2D eigenvalue weighted by Gasteiger charge is -2.38. The van der Waals surface area contributed by atoms with E-state index < -0.39 is 122 Å². The molecule has 3 heterocycles. The first kappa shape index (κ1) is 45.5. The third-order valence-corrected chi connectivity index (χ3v) is 10.6. The van der Waals surface area contributed by atoms with Gasteiger partial charge in [-0.15, -0.1) is 5.10 Å². The van der Waals surface area contributed by atoms with Gasteiger partial charge in [-0.3, -0.25) is 14.4 Å². The van der Waals surface area contributed by atoms with Crippen LogP contribution >= 0.6 is 0 Å². The molecule has 0 aliphatic carbocycles. The Morgan fingerprint density at radius 3 is 2.29 bits per heavy atom. The molecule has 20 nitrogen and oxygen atoms in total. The number of hydrogen-bond acceptors (Lipinski definition) is 15. The summed E-state index contributed by atoms with van der Waals surface area (Å²) in [6.45, 7) is 12.0. The number of carbonyl (C=O) groups is 3. The number of allylic oxidation sites excluding steroid dienone is 2. The molecule has 1 amide bonds. The number of carbonyl (C=O) groups excluding carboxylic acids is 3. The minimum absolute atomic E-state index is 0.0439. The van der Waals surface area contributed by atoms with Crippen LogP contribution in [0, 0.1) is 35.5 Å². The maximum absolute atomic E-state index is 14.3. The van der Waals surface area contributed by atoms with Crippen LogP contribution in [0.25, 0.3) is 10.8 Å². The lowest BCUT2D eigenvalue weighted by Crippen LogP contribution is -2.46. The number of Topliss-reactive ketones (excluding diaryl/α,β-unsaturated/α-hetero) is 1. The number of phenolic OH excluding ortho intramolecular Hbond substituents is 3. The normalized spacial score (nSPS) is 30.3. The zero-order chi connectivity index (χ0) is 44.3. The summed E-state index contributed by atoms with van der Waals surface area (Å²) < 4.78 is 23.3. The smallest absolute Gasteiger partial charge is 0.362 e. The summed E-state index contributed by atoms with van der Waals surface area (Å²) in [5.74, 6) is -10.3. The number of hydrazine groups is 1. The molecular formula is C39H51N6O14+. The number of benzene rings is 2. The van der Waals surface area contributed by atoms with Crippen LogP contribution in [-0.2, 0) is 23.8 Å². The monoisotopic (exact) mass is 827 g/mol. The van der Waals surface area contributed by atoms with Crippen LogP contribution in [0.2, 0.25) is 0 Å². The average molecular weight is 828 g/mol. The van der Waals surface area contributed by atoms with Gasteiger partial charge in [0.2, 0.25) is 0 Å². The van der Waals surface area contributed by atoms with Gasteiger partial charge < -0.3 is 55.5 Å². The summed E-state index contributed by atoms with van der Waals surface area (Å²) in [5.41, 5.74) is 5.92. The number of fused-ring (bicyclic) bond motifs is 14. The summed E-state index contributed by atoms with van der Waals surface area (Å²) in [6, 6.07) is 0. The Bertz CT molecular complexity index is 2170. The quantitative estimate of drug-likeness (QED) is 0.0522. The van der Waals surface area contributed by atoms with Gasteiger partial charge in [-0.2, -0.15) is 5.10 Å². The van der Waals surface area contributed by atoms with Crippen LogP contribution in [0.3, 0.4) is 0 Å². The van der Waals surface area contributed by atoms with Gasteiger partial charge in [0.15, 0.2) is 5.75 Å². The number of anilines is 1. The lowest BCUT2D eigenvalue weighted by atomic mass is 9.78. The maximum Gasteiger partial charge on any atom is 0.362 e. The summed E-state index contributed by atoms with van der Waals surface area (Å²) in [4.78, 5) is 51.1. The van der Waals surface area contributed by atoms with Crippen LogP contribution in [0.5, 0.6) is 23.0 Å². The number of nitrogens with zero attached hydrogens (tertiary/aromatic N) is 3. The standard InChI is InChI=1S/C39H50N6O14/c1-16-11-10-12-17(2)37(53)42-28-23(15-41-43-38(40)44-45(54)55)32(50)25-26(33(28)51)31(49)21(6)35-27(25)36(52)39(8,59-35)57-14-13-24(56-9)18(3)34(58-22(7)46)20(5)30(48)19(4)29(16)47/h10-16,18-20,24,29-30,34,47-48H,1-9H3,(H7-,40,41,42,43,44,49,50,51,52,53,54,55)/p+1/b11-10+,14-13+,17-12+. The molecule has 2 aromatic rings. The van der Waals surface area contributed by atoms with Gasteiger partial charge in [-0.1, -0.05) is 45.9 Å². The van der Waals surface area contributed by atoms with Crippen LogP contribution in [0.1, 0.15) is 70.0 Å². The first-order chi connectivity index (χ1) is 27.6. The Labute approximate surface area is 338 Å². The Kier molecular flexibility index (Phi) is 14.0. The number of nitrogens with two attached hydrogens (primary N) is 1. The van der Waals surface area contributed by atoms with Crippen molar-refractivity contribution in [2.24, 2.45) is 39.6 Å². The molecule has 3 aliphatic heterocycles. The van der Waals surface area contributed by atoms with Crippen molar-refractivity contribution in [3.63, 3.8) is 0 Å². The first-order valence-electron chi connectivity index (χ1n) is 18.4. The number of aromatic hydroxyl groups is 3. The fourth-order valence-electron chi connectivity index (χ4n) is 7.14. The van der Waals surface area contributed by atoms with Crippen molar-refractivity contribution in [1.82, 2.24) is 5.43 Å². The summed E-state index contributed by atoms with van der Waals surface area (Å²) in [5, 5.41) is 74.7. The molecule has 0 fully saturated rings. The molecule has 9 atom stereocenters. The number of amides is 1. The number of aliphatic hydroxyl groups is 2. The molecule has 0 saturated carbocycles. The van der Waals surface area contributed by atoms with E-state index in [0.29, 0.717) is 0 Å². The fourth-order valence-corrected chi connectivity index (χ4v) is 7.14. The lowest BCUT2D eigenvalue weighted by molar-refractivity contribution is -0.822. The number of ketones is 1. The van der Waals surface area contributed by atoms with Crippen molar-refractivity contribution in [2.45, 2.75) is 85.6 Å². The third-order valence-electron chi connectivity index (χ3n) is 10.6. The van der Waals surface area contributed by atoms with Gasteiger partial charge in [0.1, 0.15) is 28.3 Å². The van der Waals surface area contributed by atoms with Gasteiger partial charge in [0.25, 0.3) is 17.6 Å².